The predicted molar refractivity (Wildman–Crippen MR) is 115 cm³/mol. The number of pyridine rings is 1. The summed E-state index contributed by atoms with van der Waals surface area (Å²) in [5, 5.41) is 13.7. The summed E-state index contributed by atoms with van der Waals surface area (Å²) < 4.78 is 17.6. The Balaban J connectivity index is 0.000000479. The Morgan fingerprint density at radius 2 is 1.83 bits per heavy atom. The highest BCUT2D eigenvalue weighted by atomic mass is 19.1. The molecule has 0 fully saturated rings. The van der Waals surface area contributed by atoms with Crippen LogP contribution in [0.15, 0.2) is 36.4 Å². The van der Waals surface area contributed by atoms with E-state index in [1.54, 1.807) is 31.2 Å². The van der Waals surface area contributed by atoms with Gasteiger partial charge in [0.15, 0.2) is 0 Å². The van der Waals surface area contributed by atoms with Gasteiger partial charge in [0.25, 0.3) is 0 Å². The number of unbranched alkanes of at least 4 members (excludes halogenated alkanes) is 2. The van der Waals surface area contributed by atoms with Crippen molar-refractivity contribution in [2.45, 2.75) is 46.1 Å². The molecule has 164 valence electrons. The molecule has 0 atom stereocenters. The van der Waals surface area contributed by atoms with Crippen molar-refractivity contribution in [1.82, 2.24) is 4.98 Å². The lowest BCUT2D eigenvalue weighted by Crippen LogP contribution is -2.15. The van der Waals surface area contributed by atoms with Crippen LogP contribution in [0, 0.1) is 5.82 Å². The third-order valence-electron chi connectivity index (χ3n) is 3.82. The molecular weight excluding hydrogens is 391 g/mol. The molecule has 0 aliphatic rings. The molecule has 2 rings (SSSR count). The van der Waals surface area contributed by atoms with E-state index in [-0.39, 0.29) is 18.2 Å². The summed E-state index contributed by atoms with van der Waals surface area (Å²) in [7, 11) is 0. The lowest BCUT2D eigenvalue weighted by Gasteiger charge is -2.10. The van der Waals surface area contributed by atoms with Crippen LogP contribution >= 0.6 is 0 Å². The number of carbonyl (C=O) groups excluding carboxylic acids is 1. The smallest absolute Gasteiger partial charge is 0.411 e. The van der Waals surface area contributed by atoms with E-state index in [9.17, 15) is 14.0 Å². The van der Waals surface area contributed by atoms with E-state index in [1.165, 1.54) is 12.1 Å². The highest BCUT2D eigenvalue weighted by molar-refractivity contribution is 5.88. The van der Waals surface area contributed by atoms with Gasteiger partial charge < -0.3 is 20.9 Å². The maximum Gasteiger partial charge on any atom is 0.411 e. The van der Waals surface area contributed by atoms with Crippen molar-refractivity contribution in [2.24, 2.45) is 0 Å². The number of nitrogen functional groups attached to an aromatic ring is 1. The molecule has 9 heteroatoms. The SMILES string of the molecule is CCCCCC(=O)O.CCOC(=O)Nc1ccc(NCc2ccc(F)cc2)nc1N. The first-order valence-electron chi connectivity index (χ1n) is 9.76. The average molecular weight is 420 g/mol. The van der Waals surface area contributed by atoms with Gasteiger partial charge in [-0.2, -0.15) is 0 Å². The molecule has 0 bridgehead atoms. The summed E-state index contributed by atoms with van der Waals surface area (Å²) in [6, 6.07) is 9.47. The number of carbonyl (C=O) groups is 2. The average Bonchev–Trinajstić information content (AvgIpc) is 2.70. The van der Waals surface area contributed by atoms with E-state index in [0.29, 0.717) is 24.5 Å². The molecule has 0 aliphatic carbocycles. The zero-order chi connectivity index (χ0) is 22.4. The van der Waals surface area contributed by atoms with Crippen molar-refractivity contribution in [3.8, 4) is 0 Å². The van der Waals surface area contributed by atoms with Gasteiger partial charge in [-0.1, -0.05) is 31.9 Å². The summed E-state index contributed by atoms with van der Waals surface area (Å²) in [5.74, 6) is -0.229. The van der Waals surface area contributed by atoms with Crippen LogP contribution in [-0.4, -0.2) is 28.8 Å². The number of carboxylic acid groups (broad SMARTS) is 1. The van der Waals surface area contributed by atoms with E-state index in [0.717, 1.165) is 24.8 Å². The molecule has 2 aromatic rings. The second-order valence-corrected chi connectivity index (χ2v) is 6.31. The number of benzene rings is 1. The first-order valence-corrected chi connectivity index (χ1v) is 9.76. The van der Waals surface area contributed by atoms with Gasteiger partial charge in [-0.3, -0.25) is 10.1 Å². The van der Waals surface area contributed by atoms with Crippen molar-refractivity contribution >= 4 is 29.4 Å². The lowest BCUT2D eigenvalue weighted by molar-refractivity contribution is -0.137. The number of halogens is 1. The van der Waals surface area contributed by atoms with Gasteiger partial charge in [0.1, 0.15) is 17.5 Å². The largest absolute Gasteiger partial charge is 0.481 e. The van der Waals surface area contributed by atoms with Gasteiger partial charge in [0.05, 0.1) is 12.3 Å². The number of anilines is 3. The van der Waals surface area contributed by atoms with Crippen LogP contribution in [0.2, 0.25) is 0 Å². The maximum atomic E-state index is 12.8. The molecule has 0 saturated carbocycles. The Kier molecular flexibility index (Phi) is 11.3. The highest BCUT2D eigenvalue weighted by Gasteiger charge is 2.07. The quantitative estimate of drug-likeness (QED) is 0.435. The van der Waals surface area contributed by atoms with Crippen LogP contribution in [0.5, 0.6) is 0 Å². The van der Waals surface area contributed by atoms with Crippen LogP contribution < -0.4 is 16.4 Å². The first kappa shape index (κ1) is 24.7. The van der Waals surface area contributed by atoms with E-state index < -0.39 is 12.1 Å². The van der Waals surface area contributed by atoms with Crippen LogP contribution in [-0.2, 0) is 16.1 Å². The number of carboxylic acids is 1. The van der Waals surface area contributed by atoms with E-state index in [2.05, 4.69) is 22.5 Å². The first-order chi connectivity index (χ1) is 14.3. The monoisotopic (exact) mass is 420 g/mol. The van der Waals surface area contributed by atoms with Gasteiger partial charge in [0.2, 0.25) is 0 Å². The molecule has 1 heterocycles. The number of aliphatic carboxylic acids is 1. The topological polar surface area (TPSA) is 127 Å². The van der Waals surface area contributed by atoms with Crippen molar-refractivity contribution in [3.63, 3.8) is 0 Å². The zero-order valence-electron chi connectivity index (χ0n) is 17.3. The minimum absolute atomic E-state index is 0.178. The summed E-state index contributed by atoms with van der Waals surface area (Å²) in [5.41, 5.74) is 7.08. The molecule has 30 heavy (non-hydrogen) atoms. The van der Waals surface area contributed by atoms with Gasteiger partial charge in [-0.25, -0.2) is 14.2 Å². The summed E-state index contributed by atoms with van der Waals surface area (Å²) in [6.07, 6.45) is 2.70. The molecule has 8 nitrogen and oxygen atoms in total. The fourth-order valence-electron chi connectivity index (χ4n) is 2.28. The number of nitrogens with one attached hydrogen (secondary N) is 2. The number of nitrogens with zero attached hydrogens (tertiary/aromatic N) is 1. The Bertz CT molecular complexity index is 800. The van der Waals surface area contributed by atoms with E-state index >= 15 is 0 Å². The molecule has 1 amide bonds. The van der Waals surface area contributed by atoms with Crippen molar-refractivity contribution < 1.29 is 23.8 Å². The lowest BCUT2D eigenvalue weighted by atomic mass is 10.2. The second kappa shape index (κ2) is 13.8. The predicted octanol–water partition coefficient (Wildman–Crippen LogP) is 4.63. The Hall–Kier alpha value is -3.36. The second-order valence-electron chi connectivity index (χ2n) is 6.31. The minimum Gasteiger partial charge on any atom is -0.481 e. The summed E-state index contributed by atoms with van der Waals surface area (Å²) in [6.45, 7) is 4.53. The Morgan fingerprint density at radius 1 is 1.13 bits per heavy atom. The van der Waals surface area contributed by atoms with Crippen LogP contribution in [0.1, 0.15) is 45.1 Å². The standard InChI is InChI=1S/C15H17FN4O2.C6H12O2/c1-2-22-15(21)19-12-7-8-13(20-14(12)17)18-9-10-3-5-11(16)6-4-10;1-2-3-4-5-6(7)8/h3-8H,2,9H2,1H3,(H,19,21)(H3,17,18,20);2-5H2,1H3,(H,7,8). The number of amides is 1. The molecule has 0 radical (unpaired) electrons. The number of ether oxygens (including phenoxy) is 1. The van der Waals surface area contributed by atoms with Gasteiger partial charge in [0, 0.05) is 13.0 Å². The Labute approximate surface area is 175 Å². The molecule has 1 aromatic heterocycles. The number of hydrogen-bond acceptors (Lipinski definition) is 6. The normalized spacial score (nSPS) is 9.83. The third-order valence-corrected chi connectivity index (χ3v) is 3.82. The van der Waals surface area contributed by atoms with Gasteiger partial charge in [-0.15, -0.1) is 0 Å². The third kappa shape index (κ3) is 10.3. The molecule has 0 spiro atoms. The van der Waals surface area contributed by atoms with Crippen LogP contribution in [0.25, 0.3) is 0 Å². The number of hydrogen-bond donors (Lipinski definition) is 4. The molecular formula is C21H29FN4O4. The van der Waals surface area contributed by atoms with Gasteiger partial charge >= 0.3 is 12.1 Å². The minimum atomic E-state index is -0.682. The van der Waals surface area contributed by atoms with Crippen molar-refractivity contribution in [1.29, 1.82) is 0 Å². The van der Waals surface area contributed by atoms with E-state index in [4.69, 9.17) is 15.6 Å². The fraction of sp³-hybridized carbons (Fsp3) is 0.381. The van der Waals surface area contributed by atoms with Crippen molar-refractivity contribution in [2.75, 3.05) is 23.0 Å². The van der Waals surface area contributed by atoms with Gasteiger partial charge in [-0.05, 0) is 43.2 Å². The van der Waals surface area contributed by atoms with Crippen LogP contribution in [0.4, 0.5) is 26.5 Å². The number of nitrogens with two attached hydrogens (primary N) is 1. The highest BCUT2D eigenvalue weighted by Crippen LogP contribution is 2.19. The number of aromatic nitrogens is 1. The maximum absolute atomic E-state index is 12.8. The number of rotatable bonds is 9. The fourth-order valence-corrected chi connectivity index (χ4v) is 2.28. The summed E-state index contributed by atoms with van der Waals surface area (Å²) >= 11 is 0. The molecule has 1 aromatic carbocycles. The van der Waals surface area contributed by atoms with E-state index in [1.807, 2.05) is 0 Å². The zero-order valence-corrected chi connectivity index (χ0v) is 17.3. The molecule has 0 saturated heterocycles. The van der Waals surface area contributed by atoms with Crippen molar-refractivity contribution in [3.05, 3.63) is 47.8 Å². The molecule has 5 N–H and O–H groups in total. The Morgan fingerprint density at radius 3 is 2.40 bits per heavy atom. The molecule has 0 aliphatic heterocycles. The summed E-state index contributed by atoms with van der Waals surface area (Å²) in [4.78, 5) is 25.3. The van der Waals surface area contributed by atoms with Crippen LogP contribution in [0.3, 0.4) is 0 Å². The molecule has 0 unspecified atom stereocenters.